The summed E-state index contributed by atoms with van der Waals surface area (Å²) in [5.41, 5.74) is -0.404. The van der Waals surface area contributed by atoms with E-state index in [4.69, 9.17) is 16.9 Å². The first-order valence-corrected chi connectivity index (χ1v) is 8.17. The fourth-order valence-electron chi connectivity index (χ4n) is 2.27. The normalized spacial score (nSPS) is 18.4. The van der Waals surface area contributed by atoms with Crippen LogP contribution < -0.4 is 10.0 Å². The van der Waals surface area contributed by atoms with Gasteiger partial charge in [0.25, 0.3) is 0 Å². The van der Waals surface area contributed by atoms with E-state index in [1.807, 2.05) is 13.0 Å². The predicted octanol–water partition coefficient (Wildman–Crippen LogP) is 1.63. The van der Waals surface area contributed by atoms with E-state index in [1.165, 1.54) is 18.2 Å². The second-order valence-corrected chi connectivity index (χ2v) is 7.26. The van der Waals surface area contributed by atoms with Crippen molar-refractivity contribution in [3.8, 4) is 6.07 Å². The second kappa shape index (κ2) is 5.70. The van der Waals surface area contributed by atoms with Crippen molar-refractivity contribution < 1.29 is 8.42 Å². The molecule has 108 valence electrons. The summed E-state index contributed by atoms with van der Waals surface area (Å²) in [6.07, 6.45) is 1.41. The van der Waals surface area contributed by atoms with Crippen LogP contribution in [-0.2, 0) is 10.0 Å². The van der Waals surface area contributed by atoms with Crippen molar-refractivity contribution in [1.29, 1.82) is 5.26 Å². The third-order valence-corrected chi connectivity index (χ3v) is 5.35. The maximum atomic E-state index is 12.5. The molecule has 0 amide bonds. The van der Waals surface area contributed by atoms with E-state index in [0.717, 1.165) is 13.1 Å². The molecule has 1 fully saturated rings. The molecule has 2 rings (SSSR count). The molecule has 5 nitrogen and oxygen atoms in total. The molecule has 1 aromatic carbocycles. The van der Waals surface area contributed by atoms with Gasteiger partial charge in [0.15, 0.2) is 0 Å². The molecule has 0 spiro atoms. The summed E-state index contributed by atoms with van der Waals surface area (Å²) in [6.45, 7) is 3.40. The average Bonchev–Trinajstić information content (AvgIpc) is 2.38. The first-order valence-electron chi connectivity index (χ1n) is 6.31. The quantitative estimate of drug-likeness (QED) is 0.888. The Balaban J connectivity index is 2.36. The van der Waals surface area contributed by atoms with Gasteiger partial charge in [-0.25, -0.2) is 13.1 Å². The summed E-state index contributed by atoms with van der Waals surface area (Å²) in [4.78, 5) is -0.0627. The van der Waals surface area contributed by atoms with Gasteiger partial charge in [-0.05, 0) is 51.1 Å². The second-order valence-electron chi connectivity index (χ2n) is 5.17. The molecule has 2 N–H and O–H groups in total. The van der Waals surface area contributed by atoms with E-state index in [2.05, 4.69) is 10.0 Å². The Hall–Kier alpha value is -1.13. The van der Waals surface area contributed by atoms with Crippen molar-refractivity contribution in [1.82, 2.24) is 10.0 Å². The molecule has 0 radical (unpaired) electrons. The van der Waals surface area contributed by atoms with E-state index in [0.29, 0.717) is 17.9 Å². The lowest BCUT2D eigenvalue weighted by molar-refractivity contribution is 0.308. The van der Waals surface area contributed by atoms with Gasteiger partial charge in [0.05, 0.1) is 5.56 Å². The van der Waals surface area contributed by atoms with Gasteiger partial charge >= 0.3 is 0 Å². The van der Waals surface area contributed by atoms with Crippen molar-refractivity contribution in [2.75, 3.05) is 13.1 Å². The van der Waals surface area contributed by atoms with Crippen molar-refractivity contribution >= 4 is 21.6 Å². The Labute approximate surface area is 124 Å². The molecule has 1 aromatic rings. The Kier molecular flexibility index (Phi) is 4.35. The maximum Gasteiger partial charge on any atom is 0.242 e. The number of sulfonamides is 1. The Morgan fingerprint density at radius 3 is 2.65 bits per heavy atom. The van der Waals surface area contributed by atoms with Crippen LogP contribution in [0, 0.1) is 11.3 Å². The largest absolute Gasteiger partial charge is 0.317 e. The summed E-state index contributed by atoms with van der Waals surface area (Å²) >= 11 is 5.85. The predicted molar refractivity (Wildman–Crippen MR) is 77.0 cm³/mol. The monoisotopic (exact) mass is 313 g/mol. The van der Waals surface area contributed by atoms with Crippen LogP contribution in [0.15, 0.2) is 23.1 Å². The summed E-state index contributed by atoms with van der Waals surface area (Å²) in [5.74, 6) is 0. The molecule has 7 heteroatoms. The number of nitrogens with zero attached hydrogens (tertiary/aromatic N) is 1. The van der Waals surface area contributed by atoms with Crippen LogP contribution in [0.2, 0.25) is 5.02 Å². The van der Waals surface area contributed by atoms with E-state index >= 15 is 0 Å². The molecule has 0 aliphatic carbocycles. The highest BCUT2D eigenvalue weighted by atomic mass is 35.5. The molecule has 0 bridgehead atoms. The van der Waals surface area contributed by atoms with Crippen LogP contribution in [0.4, 0.5) is 0 Å². The van der Waals surface area contributed by atoms with Crippen molar-refractivity contribution in [2.24, 2.45) is 0 Å². The zero-order valence-electron chi connectivity index (χ0n) is 11.1. The number of nitriles is 1. The van der Waals surface area contributed by atoms with Gasteiger partial charge < -0.3 is 5.32 Å². The SMILES string of the molecule is CC1(NS(=O)(=O)c2cc(Cl)ccc2C#N)CCNCC1. The average molecular weight is 314 g/mol. The van der Waals surface area contributed by atoms with E-state index in [-0.39, 0.29) is 10.5 Å². The lowest BCUT2D eigenvalue weighted by Gasteiger charge is -2.34. The van der Waals surface area contributed by atoms with Gasteiger partial charge in [0.2, 0.25) is 10.0 Å². The summed E-state index contributed by atoms with van der Waals surface area (Å²) in [6, 6.07) is 6.12. The fraction of sp³-hybridized carbons (Fsp3) is 0.462. The minimum atomic E-state index is -3.77. The minimum Gasteiger partial charge on any atom is -0.317 e. The van der Waals surface area contributed by atoms with Crippen LogP contribution in [0.3, 0.4) is 0 Å². The van der Waals surface area contributed by atoms with Crippen LogP contribution >= 0.6 is 11.6 Å². The molecular weight excluding hydrogens is 298 g/mol. The van der Waals surface area contributed by atoms with Gasteiger partial charge in [-0.15, -0.1) is 0 Å². The first-order chi connectivity index (χ1) is 9.36. The molecule has 0 atom stereocenters. The lowest BCUT2D eigenvalue weighted by atomic mass is 9.92. The van der Waals surface area contributed by atoms with Gasteiger partial charge in [-0.3, -0.25) is 0 Å². The van der Waals surface area contributed by atoms with Crippen LogP contribution in [0.1, 0.15) is 25.3 Å². The molecule has 20 heavy (non-hydrogen) atoms. The number of piperidine rings is 1. The molecule has 1 saturated heterocycles. The van der Waals surface area contributed by atoms with Crippen molar-refractivity contribution in [3.63, 3.8) is 0 Å². The van der Waals surface area contributed by atoms with E-state index in [1.54, 1.807) is 0 Å². The Morgan fingerprint density at radius 2 is 2.05 bits per heavy atom. The van der Waals surface area contributed by atoms with Crippen LogP contribution in [-0.4, -0.2) is 27.0 Å². The third kappa shape index (κ3) is 3.30. The number of benzene rings is 1. The minimum absolute atomic E-state index is 0.0627. The zero-order valence-corrected chi connectivity index (χ0v) is 12.7. The van der Waals surface area contributed by atoms with Gasteiger partial charge in [-0.2, -0.15) is 5.26 Å². The molecule has 0 aromatic heterocycles. The van der Waals surface area contributed by atoms with Crippen LogP contribution in [0.25, 0.3) is 0 Å². The number of rotatable bonds is 3. The Morgan fingerprint density at radius 1 is 1.40 bits per heavy atom. The maximum absolute atomic E-state index is 12.5. The molecule has 0 unspecified atom stereocenters. The number of hydrogen-bond donors (Lipinski definition) is 2. The Bertz CT molecular complexity index is 646. The number of hydrogen-bond acceptors (Lipinski definition) is 4. The van der Waals surface area contributed by atoms with Gasteiger partial charge in [-0.1, -0.05) is 11.6 Å². The first kappa shape index (κ1) is 15.3. The molecular formula is C13H16ClN3O2S. The molecule has 1 aliphatic rings. The highest BCUT2D eigenvalue weighted by molar-refractivity contribution is 7.89. The van der Waals surface area contributed by atoms with E-state index in [9.17, 15) is 8.42 Å². The highest BCUT2D eigenvalue weighted by Gasteiger charge is 2.33. The summed E-state index contributed by atoms with van der Waals surface area (Å²) in [5, 5.41) is 12.5. The number of nitrogens with one attached hydrogen (secondary N) is 2. The molecule has 1 aliphatic heterocycles. The lowest BCUT2D eigenvalue weighted by Crippen LogP contribution is -2.52. The van der Waals surface area contributed by atoms with Gasteiger partial charge in [0, 0.05) is 10.6 Å². The van der Waals surface area contributed by atoms with Crippen molar-refractivity contribution in [2.45, 2.75) is 30.2 Å². The van der Waals surface area contributed by atoms with Crippen molar-refractivity contribution in [3.05, 3.63) is 28.8 Å². The summed E-state index contributed by atoms with van der Waals surface area (Å²) < 4.78 is 27.7. The van der Waals surface area contributed by atoms with E-state index < -0.39 is 15.6 Å². The fourth-order valence-corrected chi connectivity index (χ4v) is 4.16. The molecule has 0 saturated carbocycles. The van der Waals surface area contributed by atoms with Gasteiger partial charge in [0.1, 0.15) is 11.0 Å². The smallest absolute Gasteiger partial charge is 0.242 e. The summed E-state index contributed by atoms with van der Waals surface area (Å²) in [7, 11) is -3.77. The topological polar surface area (TPSA) is 82.0 Å². The molecule has 1 heterocycles. The van der Waals surface area contributed by atoms with Crippen LogP contribution in [0.5, 0.6) is 0 Å². The standard InChI is InChI=1S/C13H16ClN3O2S/c1-13(4-6-16-7-5-13)17-20(18,19)12-8-11(14)3-2-10(12)9-15/h2-3,8,16-17H,4-7H2,1H3. The third-order valence-electron chi connectivity index (χ3n) is 3.44. The zero-order chi connectivity index (χ0) is 14.8. The number of halogens is 1. The highest BCUT2D eigenvalue weighted by Crippen LogP contribution is 2.24.